The molecular weight excluding hydrogens is 248 g/mol. The zero-order valence-corrected chi connectivity index (χ0v) is 11.5. The monoisotopic (exact) mass is 270 g/mol. The predicted molar refractivity (Wildman–Crippen MR) is 75.5 cm³/mol. The molecule has 0 bridgehead atoms. The first-order valence-electron chi connectivity index (χ1n) is 6.48. The zero-order valence-electron chi connectivity index (χ0n) is 11.5. The van der Waals surface area contributed by atoms with Gasteiger partial charge in [0.2, 0.25) is 0 Å². The lowest BCUT2D eigenvalue weighted by Gasteiger charge is -2.10. The van der Waals surface area contributed by atoms with Crippen molar-refractivity contribution < 1.29 is 4.74 Å². The maximum absolute atomic E-state index is 11.6. The normalized spacial score (nSPS) is 10.6. The van der Waals surface area contributed by atoms with E-state index in [1.165, 1.54) is 11.6 Å². The van der Waals surface area contributed by atoms with Crippen molar-refractivity contribution in [1.82, 2.24) is 9.55 Å². The van der Waals surface area contributed by atoms with Crippen molar-refractivity contribution in [3.8, 4) is 0 Å². The number of anilines is 2. The molecular formula is C12H22N4O3. The molecule has 0 aliphatic heterocycles. The van der Waals surface area contributed by atoms with E-state index in [4.69, 9.17) is 10.5 Å². The summed E-state index contributed by atoms with van der Waals surface area (Å²) in [6.45, 7) is 4.08. The van der Waals surface area contributed by atoms with Gasteiger partial charge in [0, 0.05) is 26.8 Å². The third kappa shape index (κ3) is 4.44. The van der Waals surface area contributed by atoms with Gasteiger partial charge < -0.3 is 15.8 Å². The van der Waals surface area contributed by atoms with E-state index in [0.29, 0.717) is 13.2 Å². The molecule has 0 aliphatic rings. The summed E-state index contributed by atoms with van der Waals surface area (Å²) in [6, 6.07) is 0. The molecule has 1 heterocycles. The molecule has 19 heavy (non-hydrogen) atoms. The van der Waals surface area contributed by atoms with Crippen molar-refractivity contribution in [2.45, 2.75) is 26.2 Å². The van der Waals surface area contributed by atoms with Crippen LogP contribution in [0, 0.1) is 0 Å². The van der Waals surface area contributed by atoms with Gasteiger partial charge >= 0.3 is 5.69 Å². The summed E-state index contributed by atoms with van der Waals surface area (Å²) in [7, 11) is 1.51. The quantitative estimate of drug-likeness (QED) is 0.589. The average molecular weight is 270 g/mol. The van der Waals surface area contributed by atoms with E-state index >= 15 is 0 Å². The molecule has 0 radical (unpaired) electrons. The molecule has 4 N–H and O–H groups in total. The number of H-pyrrole nitrogens is 1. The van der Waals surface area contributed by atoms with Crippen LogP contribution in [0.3, 0.4) is 0 Å². The SMILES string of the molecule is CCCCOCCCNc1c(N)n(C)c(=O)[nH]c1=O. The smallest absolute Gasteiger partial charge is 0.329 e. The molecule has 1 aromatic rings. The largest absolute Gasteiger partial charge is 0.383 e. The predicted octanol–water partition coefficient (Wildman–Crippen LogP) is 0.275. The van der Waals surface area contributed by atoms with E-state index < -0.39 is 11.2 Å². The van der Waals surface area contributed by atoms with Crippen molar-refractivity contribution in [1.29, 1.82) is 0 Å². The summed E-state index contributed by atoms with van der Waals surface area (Å²) in [6.07, 6.45) is 2.94. The van der Waals surface area contributed by atoms with Gasteiger partial charge in [-0.1, -0.05) is 13.3 Å². The first-order chi connectivity index (χ1) is 9.07. The topological polar surface area (TPSA) is 102 Å². The summed E-state index contributed by atoms with van der Waals surface area (Å²) in [5.74, 6) is 0.139. The third-order valence-electron chi connectivity index (χ3n) is 2.78. The Morgan fingerprint density at radius 3 is 2.68 bits per heavy atom. The van der Waals surface area contributed by atoms with Crippen molar-refractivity contribution in [2.24, 2.45) is 7.05 Å². The van der Waals surface area contributed by atoms with Gasteiger partial charge in [-0.05, 0) is 12.8 Å². The van der Waals surface area contributed by atoms with E-state index in [1.54, 1.807) is 0 Å². The third-order valence-corrected chi connectivity index (χ3v) is 2.78. The molecule has 1 rings (SSSR count). The molecule has 0 saturated heterocycles. The fourth-order valence-corrected chi connectivity index (χ4v) is 1.54. The number of aromatic nitrogens is 2. The average Bonchev–Trinajstić information content (AvgIpc) is 2.38. The summed E-state index contributed by atoms with van der Waals surface area (Å²) in [5.41, 5.74) is 4.94. The van der Waals surface area contributed by atoms with Gasteiger partial charge in [0.25, 0.3) is 5.56 Å². The zero-order chi connectivity index (χ0) is 14.3. The van der Waals surface area contributed by atoms with Gasteiger partial charge in [-0.2, -0.15) is 0 Å². The number of aromatic amines is 1. The van der Waals surface area contributed by atoms with Crippen LogP contribution in [0.5, 0.6) is 0 Å². The highest BCUT2D eigenvalue weighted by Gasteiger charge is 2.08. The molecule has 0 fully saturated rings. The van der Waals surface area contributed by atoms with E-state index in [-0.39, 0.29) is 11.5 Å². The van der Waals surface area contributed by atoms with E-state index in [0.717, 1.165) is 25.9 Å². The molecule has 108 valence electrons. The van der Waals surface area contributed by atoms with E-state index in [1.807, 2.05) is 0 Å². The van der Waals surface area contributed by atoms with Crippen LogP contribution >= 0.6 is 0 Å². The van der Waals surface area contributed by atoms with E-state index in [2.05, 4.69) is 17.2 Å². The van der Waals surface area contributed by atoms with Crippen LogP contribution < -0.4 is 22.3 Å². The van der Waals surface area contributed by atoms with Crippen molar-refractivity contribution in [3.05, 3.63) is 20.8 Å². The number of nitrogens with two attached hydrogens (primary N) is 1. The van der Waals surface area contributed by atoms with Gasteiger partial charge in [-0.25, -0.2) is 4.79 Å². The molecule has 0 unspecified atom stereocenters. The molecule has 0 saturated carbocycles. The lowest BCUT2D eigenvalue weighted by atomic mass is 10.3. The molecule has 0 amide bonds. The Kier molecular flexibility index (Phi) is 6.14. The van der Waals surface area contributed by atoms with Crippen LogP contribution in [0.1, 0.15) is 26.2 Å². The van der Waals surface area contributed by atoms with Crippen molar-refractivity contribution in [2.75, 3.05) is 30.8 Å². The maximum atomic E-state index is 11.6. The fourth-order valence-electron chi connectivity index (χ4n) is 1.54. The molecule has 7 nitrogen and oxygen atoms in total. The minimum absolute atomic E-state index is 0.139. The van der Waals surface area contributed by atoms with Crippen molar-refractivity contribution >= 4 is 11.5 Å². The first-order valence-corrected chi connectivity index (χ1v) is 6.48. The number of rotatable bonds is 8. The second-order valence-corrected chi connectivity index (χ2v) is 4.32. The van der Waals surface area contributed by atoms with Gasteiger partial charge in [0.1, 0.15) is 11.5 Å². The number of nitrogens with one attached hydrogen (secondary N) is 2. The molecule has 7 heteroatoms. The second kappa shape index (κ2) is 7.63. The Morgan fingerprint density at radius 1 is 1.32 bits per heavy atom. The van der Waals surface area contributed by atoms with Crippen molar-refractivity contribution in [3.63, 3.8) is 0 Å². The molecule has 0 aromatic carbocycles. The Bertz CT molecular complexity index is 507. The maximum Gasteiger partial charge on any atom is 0.329 e. The Labute approximate surface area is 111 Å². The van der Waals surface area contributed by atoms with Crippen LogP contribution in [0.4, 0.5) is 11.5 Å². The van der Waals surface area contributed by atoms with Crippen LogP contribution in [0.2, 0.25) is 0 Å². The lowest BCUT2D eigenvalue weighted by Crippen LogP contribution is -2.32. The van der Waals surface area contributed by atoms with Gasteiger partial charge in [0.05, 0.1) is 0 Å². The van der Waals surface area contributed by atoms with Crippen LogP contribution in [0.25, 0.3) is 0 Å². The molecule has 0 atom stereocenters. The minimum Gasteiger partial charge on any atom is -0.383 e. The fraction of sp³-hybridized carbons (Fsp3) is 0.667. The second-order valence-electron chi connectivity index (χ2n) is 4.32. The Morgan fingerprint density at radius 2 is 2.00 bits per heavy atom. The summed E-state index contributed by atoms with van der Waals surface area (Å²) >= 11 is 0. The number of ether oxygens (including phenoxy) is 1. The lowest BCUT2D eigenvalue weighted by molar-refractivity contribution is 0.131. The number of unbranched alkanes of at least 4 members (excludes halogenated alkanes) is 1. The molecule has 1 aromatic heterocycles. The van der Waals surface area contributed by atoms with Crippen LogP contribution in [0.15, 0.2) is 9.59 Å². The van der Waals surface area contributed by atoms with E-state index in [9.17, 15) is 9.59 Å². The number of nitrogens with zero attached hydrogens (tertiary/aromatic N) is 1. The summed E-state index contributed by atoms with van der Waals surface area (Å²) < 4.78 is 6.60. The highest BCUT2D eigenvalue weighted by atomic mass is 16.5. The highest BCUT2D eigenvalue weighted by Crippen LogP contribution is 2.07. The van der Waals surface area contributed by atoms with Gasteiger partial charge in [-0.15, -0.1) is 0 Å². The molecule has 0 aliphatic carbocycles. The first kappa shape index (κ1) is 15.3. The highest BCUT2D eigenvalue weighted by molar-refractivity contribution is 5.60. The Balaban J connectivity index is 2.44. The number of nitrogen functional groups attached to an aromatic ring is 1. The standard InChI is InChI=1S/C12H22N4O3/c1-3-4-7-19-8-5-6-14-9-10(13)16(2)12(18)15-11(9)17/h14H,3-8,13H2,1-2H3,(H,15,17,18). The Hall–Kier alpha value is -1.76. The van der Waals surface area contributed by atoms with Gasteiger partial charge in [0.15, 0.2) is 0 Å². The molecule has 0 spiro atoms. The number of hydrogen-bond acceptors (Lipinski definition) is 5. The summed E-state index contributed by atoms with van der Waals surface area (Å²) in [4.78, 5) is 25.0. The van der Waals surface area contributed by atoms with Crippen LogP contribution in [-0.2, 0) is 11.8 Å². The summed E-state index contributed by atoms with van der Waals surface area (Å²) in [5, 5.41) is 2.93. The minimum atomic E-state index is -0.518. The van der Waals surface area contributed by atoms with Gasteiger partial charge in [-0.3, -0.25) is 14.3 Å². The van der Waals surface area contributed by atoms with Crippen LogP contribution in [-0.4, -0.2) is 29.3 Å². The number of hydrogen-bond donors (Lipinski definition) is 3.